The zero-order valence-electron chi connectivity index (χ0n) is 14.3. The van der Waals surface area contributed by atoms with Gasteiger partial charge in [-0.1, -0.05) is 28.1 Å². The van der Waals surface area contributed by atoms with E-state index in [1.54, 1.807) is 12.1 Å². The number of amides is 1. The molecule has 1 N–H and O–H groups in total. The molecule has 1 amide bonds. The van der Waals surface area contributed by atoms with Crippen LogP contribution in [0.5, 0.6) is 0 Å². The maximum absolute atomic E-state index is 13.6. The fraction of sp³-hybridized carbons (Fsp3) is 0.250. The van der Waals surface area contributed by atoms with E-state index in [-0.39, 0.29) is 11.7 Å². The molecule has 1 aliphatic rings. The normalized spacial score (nSPS) is 14.6. The van der Waals surface area contributed by atoms with Gasteiger partial charge in [0.05, 0.1) is 13.2 Å². The SMILES string of the molecule is O=C(/C=C\c1cc(Br)ccc1F)NCc1ccc(N2CCOCC2)cc1. The van der Waals surface area contributed by atoms with Gasteiger partial charge in [-0.25, -0.2) is 4.39 Å². The number of benzene rings is 2. The predicted molar refractivity (Wildman–Crippen MR) is 104 cm³/mol. The van der Waals surface area contributed by atoms with Gasteiger partial charge in [-0.05, 0) is 42.0 Å². The summed E-state index contributed by atoms with van der Waals surface area (Å²) in [5.74, 6) is -0.627. The molecule has 1 aliphatic heterocycles. The lowest BCUT2D eigenvalue weighted by Gasteiger charge is -2.28. The van der Waals surface area contributed by atoms with Crippen LogP contribution in [-0.2, 0) is 16.1 Å². The van der Waals surface area contributed by atoms with E-state index in [0.29, 0.717) is 12.1 Å². The summed E-state index contributed by atoms with van der Waals surface area (Å²) in [6.45, 7) is 3.72. The third kappa shape index (κ3) is 5.16. The summed E-state index contributed by atoms with van der Waals surface area (Å²) < 4.78 is 19.8. The minimum Gasteiger partial charge on any atom is -0.378 e. The first-order valence-electron chi connectivity index (χ1n) is 8.44. The number of nitrogens with one attached hydrogen (secondary N) is 1. The van der Waals surface area contributed by atoms with E-state index in [4.69, 9.17) is 4.74 Å². The molecule has 2 aromatic rings. The lowest BCUT2D eigenvalue weighted by molar-refractivity contribution is -0.116. The van der Waals surface area contributed by atoms with Crippen LogP contribution in [0.4, 0.5) is 10.1 Å². The van der Waals surface area contributed by atoms with Crippen molar-refractivity contribution in [1.82, 2.24) is 5.32 Å². The molecule has 3 rings (SSSR count). The highest BCUT2D eigenvalue weighted by atomic mass is 79.9. The Balaban J connectivity index is 1.52. The van der Waals surface area contributed by atoms with Crippen molar-refractivity contribution in [1.29, 1.82) is 0 Å². The third-order valence-electron chi connectivity index (χ3n) is 4.15. The maximum atomic E-state index is 13.6. The van der Waals surface area contributed by atoms with Crippen LogP contribution >= 0.6 is 15.9 Å². The Morgan fingerprint density at radius 3 is 2.65 bits per heavy atom. The Labute approximate surface area is 160 Å². The van der Waals surface area contributed by atoms with Gasteiger partial charge in [-0.2, -0.15) is 0 Å². The smallest absolute Gasteiger partial charge is 0.244 e. The molecule has 1 fully saturated rings. The van der Waals surface area contributed by atoms with Crippen LogP contribution in [0.1, 0.15) is 11.1 Å². The van der Waals surface area contributed by atoms with Crippen molar-refractivity contribution in [3.63, 3.8) is 0 Å². The van der Waals surface area contributed by atoms with Gasteiger partial charge < -0.3 is 15.0 Å². The van der Waals surface area contributed by atoms with Gasteiger partial charge in [0.1, 0.15) is 5.82 Å². The summed E-state index contributed by atoms with van der Waals surface area (Å²) in [4.78, 5) is 14.2. The number of hydrogen-bond acceptors (Lipinski definition) is 3. The molecule has 0 aromatic heterocycles. The number of carbonyl (C=O) groups is 1. The molecule has 2 aromatic carbocycles. The largest absolute Gasteiger partial charge is 0.378 e. The van der Waals surface area contributed by atoms with Gasteiger partial charge in [-0.15, -0.1) is 0 Å². The minimum absolute atomic E-state index is 0.262. The third-order valence-corrected chi connectivity index (χ3v) is 4.64. The second-order valence-corrected chi connectivity index (χ2v) is 6.90. The van der Waals surface area contributed by atoms with E-state index in [1.165, 1.54) is 18.2 Å². The molecule has 4 nitrogen and oxygen atoms in total. The molecule has 136 valence electrons. The molecule has 1 heterocycles. The first-order valence-corrected chi connectivity index (χ1v) is 9.24. The first-order chi connectivity index (χ1) is 12.6. The van der Waals surface area contributed by atoms with Gasteiger partial charge in [0.2, 0.25) is 5.91 Å². The van der Waals surface area contributed by atoms with Gasteiger partial charge in [0.25, 0.3) is 0 Å². The zero-order valence-corrected chi connectivity index (χ0v) is 15.8. The van der Waals surface area contributed by atoms with E-state index in [9.17, 15) is 9.18 Å². The molecule has 0 aliphatic carbocycles. The van der Waals surface area contributed by atoms with Crippen LogP contribution in [0.2, 0.25) is 0 Å². The highest BCUT2D eigenvalue weighted by Gasteiger charge is 2.10. The van der Waals surface area contributed by atoms with Crippen LogP contribution in [0.3, 0.4) is 0 Å². The molecule has 26 heavy (non-hydrogen) atoms. The quantitative estimate of drug-likeness (QED) is 0.751. The molecule has 6 heteroatoms. The Hall–Kier alpha value is -2.18. The Bertz CT molecular complexity index is 787. The number of morpholine rings is 1. The van der Waals surface area contributed by atoms with Crippen molar-refractivity contribution in [3.8, 4) is 0 Å². The van der Waals surface area contributed by atoms with Crippen LogP contribution < -0.4 is 10.2 Å². The average Bonchev–Trinajstić information content (AvgIpc) is 2.68. The number of hydrogen-bond donors (Lipinski definition) is 1. The molecule has 0 spiro atoms. The predicted octanol–water partition coefficient (Wildman–Crippen LogP) is 3.75. The van der Waals surface area contributed by atoms with E-state index >= 15 is 0 Å². The van der Waals surface area contributed by atoms with Gasteiger partial charge in [-0.3, -0.25) is 4.79 Å². The monoisotopic (exact) mass is 418 g/mol. The zero-order chi connectivity index (χ0) is 18.4. The van der Waals surface area contributed by atoms with Crippen LogP contribution in [0.25, 0.3) is 6.08 Å². The standard InChI is InChI=1S/C20H20BrFN2O2/c21-17-4-7-19(22)16(13-17)3-8-20(25)23-14-15-1-5-18(6-2-15)24-9-11-26-12-10-24/h1-8,13H,9-12,14H2,(H,23,25)/b8-3-. The number of carbonyl (C=O) groups excluding carboxylic acids is 1. The van der Waals surface area contributed by atoms with Crippen molar-refractivity contribution >= 4 is 33.6 Å². The number of anilines is 1. The molecule has 0 saturated carbocycles. The molecular formula is C20H20BrFN2O2. The lowest BCUT2D eigenvalue weighted by Crippen LogP contribution is -2.36. The molecule has 1 saturated heterocycles. The van der Waals surface area contributed by atoms with Crippen molar-refractivity contribution in [2.75, 3.05) is 31.2 Å². The maximum Gasteiger partial charge on any atom is 0.244 e. The Morgan fingerprint density at radius 1 is 1.19 bits per heavy atom. The van der Waals surface area contributed by atoms with Gasteiger partial charge in [0.15, 0.2) is 0 Å². The molecular weight excluding hydrogens is 399 g/mol. The topological polar surface area (TPSA) is 41.6 Å². The van der Waals surface area contributed by atoms with Crippen molar-refractivity contribution in [2.45, 2.75) is 6.54 Å². The van der Waals surface area contributed by atoms with Crippen LogP contribution in [-0.4, -0.2) is 32.2 Å². The number of rotatable bonds is 5. The van der Waals surface area contributed by atoms with E-state index in [2.05, 4.69) is 38.3 Å². The summed E-state index contributed by atoms with van der Waals surface area (Å²) in [5.41, 5.74) is 2.54. The number of halogens is 2. The average molecular weight is 419 g/mol. The molecule has 0 atom stereocenters. The summed E-state index contributed by atoms with van der Waals surface area (Å²) in [6, 6.07) is 12.7. The number of ether oxygens (including phenoxy) is 1. The Morgan fingerprint density at radius 2 is 1.92 bits per heavy atom. The molecule has 0 radical (unpaired) electrons. The molecule has 0 bridgehead atoms. The van der Waals surface area contributed by atoms with E-state index < -0.39 is 0 Å². The molecule has 0 unspecified atom stereocenters. The summed E-state index contributed by atoms with van der Waals surface area (Å²) >= 11 is 3.29. The second kappa shape index (κ2) is 8.96. The lowest BCUT2D eigenvalue weighted by atomic mass is 10.2. The highest BCUT2D eigenvalue weighted by molar-refractivity contribution is 9.10. The van der Waals surface area contributed by atoms with Crippen LogP contribution in [0.15, 0.2) is 53.0 Å². The Kier molecular flexibility index (Phi) is 6.41. The summed E-state index contributed by atoms with van der Waals surface area (Å²) in [6.07, 6.45) is 2.81. The fourth-order valence-corrected chi connectivity index (χ4v) is 3.08. The fourth-order valence-electron chi connectivity index (χ4n) is 2.70. The number of nitrogens with zero attached hydrogens (tertiary/aromatic N) is 1. The van der Waals surface area contributed by atoms with E-state index in [0.717, 1.165) is 42.0 Å². The van der Waals surface area contributed by atoms with Gasteiger partial charge in [0, 0.05) is 41.4 Å². The van der Waals surface area contributed by atoms with Crippen molar-refractivity contribution in [3.05, 3.63) is 70.0 Å². The van der Waals surface area contributed by atoms with Crippen molar-refractivity contribution < 1.29 is 13.9 Å². The highest BCUT2D eigenvalue weighted by Crippen LogP contribution is 2.17. The minimum atomic E-state index is -0.365. The first kappa shape index (κ1) is 18.6. The van der Waals surface area contributed by atoms with Crippen LogP contribution in [0, 0.1) is 5.82 Å². The van der Waals surface area contributed by atoms with Crippen molar-refractivity contribution in [2.24, 2.45) is 0 Å². The van der Waals surface area contributed by atoms with E-state index in [1.807, 2.05) is 12.1 Å². The summed E-state index contributed by atoms with van der Waals surface area (Å²) in [5, 5.41) is 2.81. The van der Waals surface area contributed by atoms with Gasteiger partial charge >= 0.3 is 0 Å². The second-order valence-electron chi connectivity index (χ2n) is 5.98. The summed E-state index contributed by atoms with van der Waals surface area (Å²) in [7, 11) is 0.